The standard InChI is InChI=1S/C16H24N2/c1-12-8-9-18(11-16(12)17)15-7-6-13-4-2-3-5-14(13)10-15/h2-5,12,15-16H,6-11,17H2,1H3. The SMILES string of the molecule is CC1CCN(C2CCc3ccccc3C2)CC1N. The third kappa shape index (κ3) is 2.32. The third-order valence-electron chi connectivity index (χ3n) is 4.89. The van der Waals surface area contributed by atoms with Crippen molar-refractivity contribution >= 4 is 0 Å². The fourth-order valence-corrected chi connectivity index (χ4v) is 3.45. The van der Waals surface area contributed by atoms with Crippen LogP contribution in [0.3, 0.4) is 0 Å². The van der Waals surface area contributed by atoms with Gasteiger partial charge in [0.25, 0.3) is 0 Å². The smallest absolute Gasteiger partial charge is 0.0194 e. The summed E-state index contributed by atoms with van der Waals surface area (Å²) in [5, 5.41) is 0. The molecule has 3 rings (SSSR count). The van der Waals surface area contributed by atoms with Crippen LogP contribution in [0.4, 0.5) is 0 Å². The molecule has 0 spiro atoms. The Hall–Kier alpha value is -0.860. The van der Waals surface area contributed by atoms with E-state index in [1.165, 1.54) is 32.2 Å². The first kappa shape index (κ1) is 12.2. The number of piperidine rings is 1. The number of hydrogen-bond donors (Lipinski definition) is 1. The Kier molecular flexibility index (Phi) is 3.40. The van der Waals surface area contributed by atoms with Crippen LogP contribution in [-0.2, 0) is 12.8 Å². The molecule has 18 heavy (non-hydrogen) atoms. The minimum Gasteiger partial charge on any atom is -0.326 e. The lowest BCUT2D eigenvalue weighted by Crippen LogP contribution is -2.52. The maximum atomic E-state index is 6.23. The fourth-order valence-electron chi connectivity index (χ4n) is 3.45. The van der Waals surface area contributed by atoms with Gasteiger partial charge >= 0.3 is 0 Å². The van der Waals surface area contributed by atoms with Crippen molar-refractivity contribution in [2.75, 3.05) is 13.1 Å². The van der Waals surface area contributed by atoms with Gasteiger partial charge in [0.05, 0.1) is 0 Å². The Morgan fingerprint density at radius 3 is 2.72 bits per heavy atom. The van der Waals surface area contributed by atoms with Crippen LogP contribution in [0.25, 0.3) is 0 Å². The molecule has 1 aliphatic carbocycles. The molecule has 2 heteroatoms. The molecule has 3 unspecified atom stereocenters. The summed E-state index contributed by atoms with van der Waals surface area (Å²) in [5.41, 5.74) is 9.34. The van der Waals surface area contributed by atoms with Gasteiger partial charge in [-0.2, -0.15) is 0 Å². The van der Waals surface area contributed by atoms with E-state index in [1.54, 1.807) is 11.1 Å². The van der Waals surface area contributed by atoms with Crippen molar-refractivity contribution in [2.45, 2.75) is 44.7 Å². The maximum absolute atomic E-state index is 6.23. The molecule has 1 aromatic rings. The van der Waals surface area contributed by atoms with Gasteiger partial charge < -0.3 is 5.73 Å². The van der Waals surface area contributed by atoms with E-state index in [0.29, 0.717) is 12.0 Å². The molecule has 0 radical (unpaired) electrons. The molecule has 2 aliphatic rings. The number of hydrogen-bond acceptors (Lipinski definition) is 2. The highest BCUT2D eigenvalue weighted by atomic mass is 15.2. The summed E-state index contributed by atoms with van der Waals surface area (Å²) in [6.45, 7) is 4.62. The Morgan fingerprint density at radius 2 is 1.94 bits per heavy atom. The molecule has 1 heterocycles. The van der Waals surface area contributed by atoms with Crippen molar-refractivity contribution in [3.05, 3.63) is 35.4 Å². The average Bonchev–Trinajstić information content (AvgIpc) is 2.41. The van der Waals surface area contributed by atoms with Crippen LogP contribution < -0.4 is 5.73 Å². The molecule has 0 bridgehead atoms. The molecule has 3 atom stereocenters. The Balaban J connectivity index is 1.69. The molecule has 0 saturated carbocycles. The lowest BCUT2D eigenvalue weighted by atomic mass is 9.85. The van der Waals surface area contributed by atoms with Crippen molar-refractivity contribution in [3.8, 4) is 0 Å². The Bertz CT molecular complexity index is 415. The van der Waals surface area contributed by atoms with Crippen LogP contribution in [0.2, 0.25) is 0 Å². The molecule has 1 fully saturated rings. The van der Waals surface area contributed by atoms with Crippen LogP contribution in [0.15, 0.2) is 24.3 Å². The molecule has 2 N–H and O–H groups in total. The summed E-state index contributed by atoms with van der Waals surface area (Å²) in [5.74, 6) is 0.692. The highest BCUT2D eigenvalue weighted by Gasteiger charge is 2.30. The minimum absolute atomic E-state index is 0.371. The van der Waals surface area contributed by atoms with Crippen molar-refractivity contribution < 1.29 is 0 Å². The van der Waals surface area contributed by atoms with Crippen LogP contribution in [-0.4, -0.2) is 30.1 Å². The molecule has 1 aromatic carbocycles. The summed E-state index contributed by atoms with van der Waals surface area (Å²) >= 11 is 0. The number of benzene rings is 1. The van der Waals surface area contributed by atoms with Crippen molar-refractivity contribution in [2.24, 2.45) is 11.7 Å². The van der Waals surface area contributed by atoms with E-state index in [4.69, 9.17) is 5.73 Å². The van der Waals surface area contributed by atoms with Crippen LogP contribution in [0, 0.1) is 5.92 Å². The van der Waals surface area contributed by atoms with Crippen molar-refractivity contribution in [3.63, 3.8) is 0 Å². The average molecular weight is 244 g/mol. The minimum atomic E-state index is 0.371. The first-order chi connectivity index (χ1) is 8.74. The number of fused-ring (bicyclic) bond motifs is 1. The van der Waals surface area contributed by atoms with Crippen molar-refractivity contribution in [1.29, 1.82) is 0 Å². The van der Waals surface area contributed by atoms with Gasteiger partial charge in [0.15, 0.2) is 0 Å². The van der Waals surface area contributed by atoms with E-state index in [1.807, 2.05) is 0 Å². The molecular formula is C16H24N2. The van der Waals surface area contributed by atoms with Crippen molar-refractivity contribution in [1.82, 2.24) is 4.90 Å². The molecule has 0 aromatic heterocycles. The molecule has 1 saturated heterocycles. The van der Waals surface area contributed by atoms with Gasteiger partial charge in [0.2, 0.25) is 0 Å². The van der Waals surface area contributed by atoms with E-state index in [0.717, 1.165) is 12.6 Å². The van der Waals surface area contributed by atoms with Gasteiger partial charge in [-0.25, -0.2) is 0 Å². The zero-order valence-corrected chi connectivity index (χ0v) is 11.3. The zero-order chi connectivity index (χ0) is 12.5. The molecule has 0 amide bonds. The molecule has 2 nitrogen and oxygen atoms in total. The molecule has 98 valence electrons. The lowest BCUT2D eigenvalue weighted by Gasteiger charge is -2.41. The van der Waals surface area contributed by atoms with Crippen LogP contribution in [0.5, 0.6) is 0 Å². The second-order valence-corrected chi connectivity index (χ2v) is 6.09. The van der Waals surface area contributed by atoms with E-state index in [2.05, 4.69) is 36.1 Å². The molecular weight excluding hydrogens is 220 g/mol. The number of rotatable bonds is 1. The van der Waals surface area contributed by atoms with Gasteiger partial charge in [0, 0.05) is 18.6 Å². The Labute approximate surface area is 110 Å². The Morgan fingerprint density at radius 1 is 1.17 bits per heavy atom. The predicted molar refractivity (Wildman–Crippen MR) is 75.6 cm³/mol. The summed E-state index contributed by atoms with van der Waals surface area (Å²) in [4.78, 5) is 2.64. The second kappa shape index (κ2) is 5.02. The lowest BCUT2D eigenvalue weighted by molar-refractivity contribution is 0.111. The predicted octanol–water partition coefficient (Wildman–Crippen LogP) is 2.21. The zero-order valence-electron chi connectivity index (χ0n) is 11.3. The van der Waals surface area contributed by atoms with Gasteiger partial charge in [0.1, 0.15) is 0 Å². The van der Waals surface area contributed by atoms with E-state index in [9.17, 15) is 0 Å². The second-order valence-electron chi connectivity index (χ2n) is 6.09. The summed E-state index contributed by atoms with van der Waals surface area (Å²) in [6, 6.07) is 10.0. The van der Waals surface area contributed by atoms with E-state index < -0.39 is 0 Å². The van der Waals surface area contributed by atoms with Crippen LogP contribution in [0.1, 0.15) is 30.9 Å². The van der Waals surface area contributed by atoms with Gasteiger partial charge in [-0.1, -0.05) is 31.2 Å². The number of aryl methyl sites for hydroxylation is 1. The summed E-state index contributed by atoms with van der Waals surface area (Å²) < 4.78 is 0. The van der Waals surface area contributed by atoms with E-state index >= 15 is 0 Å². The first-order valence-electron chi connectivity index (χ1n) is 7.30. The quantitative estimate of drug-likeness (QED) is 0.820. The number of likely N-dealkylation sites (tertiary alicyclic amines) is 1. The first-order valence-corrected chi connectivity index (χ1v) is 7.30. The van der Waals surface area contributed by atoms with Gasteiger partial charge in [-0.3, -0.25) is 4.90 Å². The summed E-state index contributed by atoms with van der Waals surface area (Å²) in [7, 11) is 0. The number of nitrogens with two attached hydrogens (primary N) is 1. The van der Waals surface area contributed by atoms with Gasteiger partial charge in [-0.05, 0) is 49.3 Å². The maximum Gasteiger partial charge on any atom is 0.0194 e. The topological polar surface area (TPSA) is 29.3 Å². The normalized spacial score (nSPS) is 33.1. The van der Waals surface area contributed by atoms with Gasteiger partial charge in [-0.15, -0.1) is 0 Å². The largest absolute Gasteiger partial charge is 0.326 e. The monoisotopic (exact) mass is 244 g/mol. The molecule has 1 aliphatic heterocycles. The number of nitrogens with zero attached hydrogens (tertiary/aromatic N) is 1. The highest BCUT2D eigenvalue weighted by molar-refractivity contribution is 5.30. The highest BCUT2D eigenvalue weighted by Crippen LogP contribution is 2.27. The third-order valence-corrected chi connectivity index (χ3v) is 4.89. The fraction of sp³-hybridized carbons (Fsp3) is 0.625. The van der Waals surface area contributed by atoms with Crippen LogP contribution >= 0.6 is 0 Å². The summed E-state index contributed by atoms with van der Waals surface area (Å²) in [6.07, 6.45) is 5.02. The van der Waals surface area contributed by atoms with E-state index in [-0.39, 0.29) is 0 Å².